The van der Waals surface area contributed by atoms with Crippen LogP contribution < -0.4 is 0 Å². The SMILES string of the molecule is CCOC(=O)c1ccc(-c2ccc(C3C4=C(CC(C)(C)CC4=O)OC4=C3C(=O)CC(C)(C)C4)o2)cc1. The highest BCUT2D eigenvalue weighted by Gasteiger charge is 2.48. The third-order valence-corrected chi connectivity index (χ3v) is 7.17. The molecule has 0 saturated carbocycles. The molecule has 0 N–H and O–H groups in total. The Kier molecular flexibility index (Phi) is 5.81. The minimum Gasteiger partial charge on any atom is -0.465 e. The van der Waals surface area contributed by atoms with Gasteiger partial charge in [0, 0.05) is 42.4 Å². The van der Waals surface area contributed by atoms with Crippen molar-refractivity contribution >= 4 is 17.5 Å². The van der Waals surface area contributed by atoms with Gasteiger partial charge in [0.1, 0.15) is 23.0 Å². The second kappa shape index (κ2) is 8.61. The van der Waals surface area contributed by atoms with Crippen molar-refractivity contribution in [3.05, 3.63) is 70.4 Å². The van der Waals surface area contributed by atoms with Crippen molar-refractivity contribution in [3.63, 3.8) is 0 Å². The molecule has 0 bridgehead atoms. The molecule has 0 fully saturated rings. The molecular formula is C30H32O6. The van der Waals surface area contributed by atoms with Crippen molar-refractivity contribution in [1.82, 2.24) is 0 Å². The van der Waals surface area contributed by atoms with Crippen LogP contribution >= 0.6 is 0 Å². The Morgan fingerprint density at radius 1 is 0.861 bits per heavy atom. The molecule has 0 unspecified atom stereocenters. The number of carbonyl (C=O) groups is 3. The Labute approximate surface area is 211 Å². The van der Waals surface area contributed by atoms with Crippen LogP contribution in [0, 0.1) is 10.8 Å². The first-order valence-electron chi connectivity index (χ1n) is 12.6. The number of rotatable bonds is 4. The molecule has 36 heavy (non-hydrogen) atoms. The van der Waals surface area contributed by atoms with Crippen LogP contribution in [-0.4, -0.2) is 24.1 Å². The normalized spacial score (nSPS) is 21.1. The first kappa shape index (κ1) is 24.3. The molecule has 1 aromatic heterocycles. The maximum Gasteiger partial charge on any atom is 0.338 e. The van der Waals surface area contributed by atoms with Crippen LogP contribution in [0.3, 0.4) is 0 Å². The highest BCUT2D eigenvalue weighted by molar-refractivity contribution is 6.06. The number of hydrogen-bond donors (Lipinski definition) is 0. The second-order valence-corrected chi connectivity index (χ2v) is 11.6. The summed E-state index contributed by atoms with van der Waals surface area (Å²) in [5, 5.41) is 0. The van der Waals surface area contributed by atoms with Crippen LogP contribution in [0.25, 0.3) is 11.3 Å². The van der Waals surface area contributed by atoms with Gasteiger partial charge in [0.05, 0.1) is 18.1 Å². The van der Waals surface area contributed by atoms with Gasteiger partial charge < -0.3 is 13.9 Å². The summed E-state index contributed by atoms with van der Waals surface area (Å²) in [4.78, 5) is 38.8. The third-order valence-electron chi connectivity index (χ3n) is 7.17. The molecule has 6 nitrogen and oxygen atoms in total. The Morgan fingerprint density at radius 3 is 1.94 bits per heavy atom. The molecule has 1 aromatic carbocycles. The highest BCUT2D eigenvalue weighted by Crippen LogP contribution is 2.53. The first-order chi connectivity index (χ1) is 17.0. The Hall–Kier alpha value is -3.41. The summed E-state index contributed by atoms with van der Waals surface area (Å²) in [5.74, 6) is 1.57. The van der Waals surface area contributed by atoms with E-state index in [1.54, 1.807) is 31.2 Å². The molecule has 2 aromatic rings. The Bertz CT molecular complexity index is 1260. The van der Waals surface area contributed by atoms with E-state index in [0.717, 1.165) is 5.56 Å². The number of hydrogen-bond acceptors (Lipinski definition) is 6. The van der Waals surface area contributed by atoms with E-state index >= 15 is 0 Å². The van der Waals surface area contributed by atoms with E-state index in [1.165, 1.54) is 0 Å². The smallest absolute Gasteiger partial charge is 0.338 e. The van der Waals surface area contributed by atoms with Gasteiger partial charge in [-0.25, -0.2) is 4.79 Å². The second-order valence-electron chi connectivity index (χ2n) is 11.6. The van der Waals surface area contributed by atoms with Crippen molar-refractivity contribution in [2.45, 2.75) is 66.2 Å². The topological polar surface area (TPSA) is 82.8 Å². The molecule has 0 saturated heterocycles. The van der Waals surface area contributed by atoms with Gasteiger partial charge in [-0.1, -0.05) is 39.8 Å². The fourth-order valence-corrected chi connectivity index (χ4v) is 5.61. The van der Waals surface area contributed by atoms with Crippen molar-refractivity contribution in [1.29, 1.82) is 0 Å². The maximum atomic E-state index is 13.4. The number of ether oxygens (including phenoxy) is 2. The number of benzene rings is 1. The summed E-state index contributed by atoms with van der Waals surface area (Å²) in [6.45, 7) is 10.4. The average Bonchev–Trinajstić information content (AvgIpc) is 3.26. The van der Waals surface area contributed by atoms with Crippen molar-refractivity contribution in [2.24, 2.45) is 10.8 Å². The lowest BCUT2D eigenvalue weighted by molar-refractivity contribution is -0.120. The summed E-state index contributed by atoms with van der Waals surface area (Å²) in [5.41, 5.74) is 1.95. The zero-order chi connectivity index (χ0) is 25.8. The molecule has 5 rings (SSSR count). The number of esters is 1. The van der Waals surface area contributed by atoms with Crippen LogP contribution in [0.15, 0.2) is 63.5 Å². The zero-order valence-electron chi connectivity index (χ0n) is 21.5. The predicted molar refractivity (Wildman–Crippen MR) is 134 cm³/mol. The van der Waals surface area contributed by atoms with Crippen molar-refractivity contribution in [2.75, 3.05) is 6.61 Å². The van der Waals surface area contributed by atoms with Crippen LogP contribution in [-0.2, 0) is 19.1 Å². The van der Waals surface area contributed by atoms with Crippen molar-refractivity contribution in [3.8, 4) is 11.3 Å². The molecule has 1 aliphatic heterocycles. The fraction of sp³-hybridized carbons (Fsp3) is 0.433. The molecule has 2 aliphatic carbocycles. The number of Topliss-reactive ketones (excluding diaryl/α,β-unsaturated/α-hetero) is 2. The fourth-order valence-electron chi connectivity index (χ4n) is 5.61. The molecule has 0 atom stereocenters. The monoisotopic (exact) mass is 488 g/mol. The van der Waals surface area contributed by atoms with Gasteiger partial charge in [-0.3, -0.25) is 9.59 Å². The van der Waals surface area contributed by atoms with Crippen LogP contribution in [0.4, 0.5) is 0 Å². The quantitative estimate of drug-likeness (QED) is 0.456. The number of ketones is 2. The lowest BCUT2D eigenvalue weighted by atomic mass is 9.66. The van der Waals surface area contributed by atoms with Gasteiger partial charge in [-0.2, -0.15) is 0 Å². The number of furan rings is 1. The molecule has 0 amide bonds. The van der Waals surface area contributed by atoms with Gasteiger partial charge in [0.15, 0.2) is 11.6 Å². The summed E-state index contributed by atoms with van der Waals surface area (Å²) in [6.07, 6.45) is 2.07. The molecule has 2 heterocycles. The van der Waals surface area contributed by atoms with E-state index in [4.69, 9.17) is 13.9 Å². The lowest BCUT2D eigenvalue weighted by Crippen LogP contribution is -2.37. The van der Waals surface area contributed by atoms with Crippen LogP contribution in [0.5, 0.6) is 0 Å². The molecule has 6 heteroatoms. The van der Waals surface area contributed by atoms with E-state index in [1.807, 2.05) is 12.1 Å². The molecule has 188 valence electrons. The predicted octanol–water partition coefficient (Wildman–Crippen LogP) is 6.52. The number of allylic oxidation sites excluding steroid dienone is 4. The first-order valence-corrected chi connectivity index (χ1v) is 12.6. The van der Waals surface area contributed by atoms with E-state index in [2.05, 4.69) is 27.7 Å². The lowest BCUT2D eigenvalue weighted by Gasteiger charge is -2.42. The van der Waals surface area contributed by atoms with E-state index in [0.29, 0.717) is 72.0 Å². The summed E-state index contributed by atoms with van der Waals surface area (Å²) in [6, 6.07) is 10.7. The Balaban J connectivity index is 1.56. The van der Waals surface area contributed by atoms with E-state index in [-0.39, 0.29) is 28.4 Å². The van der Waals surface area contributed by atoms with Crippen molar-refractivity contribution < 1.29 is 28.3 Å². The van der Waals surface area contributed by atoms with Gasteiger partial charge in [0.2, 0.25) is 0 Å². The molecule has 0 spiro atoms. The minimum absolute atomic E-state index is 0.00664. The largest absolute Gasteiger partial charge is 0.465 e. The van der Waals surface area contributed by atoms with Crippen LogP contribution in [0.1, 0.15) is 82.3 Å². The average molecular weight is 489 g/mol. The van der Waals surface area contributed by atoms with Gasteiger partial charge >= 0.3 is 5.97 Å². The summed E-state index contributed by atoms with van der Waals surface area (Å²) < 4.78 is 17.7. The van der Waals surface area contributed by atoms with Gasteiger partial charge in [-0.15, -0.1) is 0 Å². The standard InChI is InChI=1S/C30H32O6/c1-6-34-28(33)18-9-7-17(8-10-18)21-11-12-22(35-21)27-25-19(31)13-29(2,3)15-23(25)36-24-16-30(4,5)14-20(32)26(24)27/h7-12,27H,6,13-16H2,1-5H3. The minimum atomic E-state index is -0.566. The van der Waals surface area contributed by atoms with Gasteiger partial charge in [0.25, 0.3) is 0 Å². The molecule has 0 radical (unpaired) electrons. The van der Waals surface area contributed by atoms with Crippen LogP contribution in [0.2, 0.25) is 0 Å². The molecule has 3 aliphatic rings. The zero-order valence-corrected chi connectivity index (χ0v) is 21.5. The Morgan fingerprint density at radius 2 is 1.42 bits per heavy atom. The highest BCUT2D eigenvalue weighted by atomic mass is 16.5. The summed E-state index contributed by atoms with van der Waals surface area (Å²) >= 11 is 0. The van der Waals surface area contributed by atoms with E-state index < -0.39 is 5.92 Å². The van der Waals surface area contributed by atoms with Gasteiger partial charge in [-0.05, 0) is 42.0 Å². The maximum absolute atomic E-state index is 13.4. The molecular weight excluding hydrogens is 456 g/mol. The third kappa shape index (κ3) is 4.34. The van der Waals surface area contributed by atoms with E-state index in [9.17, 15) is 14.4 Å². The number of carbonyl (C=O) groups excluding carboxylic acids is 3. The summed E-state index contributed by atoms with van der Waals surface area (Å²) in [7, 11) is 0.